The van der Waals surface area contributed by atoms with E-state index < -0.39 is 0 Å². The van der Waals surface area contributed by atoms with Crippen LogP contribution >= 0.6 is 15.9 Å². The van der Waals surface area contributed by atoms with E-state index in [2.05, 4.69) is 21.2 Å². The number of ether oxygens (including phenoxy) is 1. The van der Waals surface area contributed by atoms with E-state index in [0.29, 0.717) is 6.42 Å². The average Bonchev–Trinajstić information content (AvgIpc) is 2.54. The van der Waals surface area contributed by atoms with Gasteiger partial charge >= 0.3 is 5.97 Å². The topological polar surface area (TPSA) is 81.4 Å². The molecule has 1 aromatic rings. The lowest BCUT2D eigenvalue weighted by molar-refractivity contribution is -0.141. The van der Waals surface area contributed by atoms with Crippen LogP contribution in [0.25, 0.3) is 0 Å². The molecule has 2 rings (SSSR count). The van der Waals surface area contributed by atoms with Crippen molar-refractivity contribution in [2.75, 3.05) is 7.11 Å². The van der Waals surface area contributed by atoms with E-state index in [0.717, 1.165) is 29.3 Å². The average molecular weight is 383 g/mol. The molecular formula is C17H23BrN2O3. The van der Waals surface area contributed by atoms with Gasteiger partial charge in [0.25, 0.3) is 0 Å². The Morgan fingerprint density at radius 2 is 2.04 bits per heavy atom. The Morgan fingerprint density at radius 1 is 1.35 bits per heavy atom. The van der Waals surface area contributed by atoms with Crippen molar-refractivity contribution in [1.29, 1.82) is 0 Å². The highest BCUT2D eigenvalue weighted by atomic mass is 79.9. The molecule has 1 aliphatic carbocycles. The number of methoxy groups -OCH3 is 1. The van der Waals surface area contributed by atoms with Crippen molar-refractivity contribution in [3.05, 3.63) is 34.3 Å². The van der Waals surface area contributed by atoms with Crippen molar-refractivity contribution in [3.63, 3.8) is 0 Å². The number of halogens is 1. The number of rotatable bonds is 5. The van der Waals surface area contributed by atoms with E-state index in [9.17, 15) is 9.59 Å². The fourth-order valence-corrected chi connectivity index (χ4v) is 3.22. The van der Waals surface area contributed by atoms with Gasteiger partial charge in [-0.2, -0.15) is 0 Å². The van der Waals surface area contributed by atoms with Gasteiger partial charge in [0.2, 0.25) is 5.91 Å². The molecule has 0 bridgehead atoms. The molecule has 3 atom stereocenters. The molecule has 1 fully saturated rings. The first kappa shape index (κ1) is 17.9. The van der Waals surface area contributed by atoms with Crippen LogP contribution in [0.4, 0.5) is 0 Å². The van der Waals surface area contributed by atoms with Gasteiger partial charge in [0.15, 0.2) is 0 Å². The van der Waals surface area contributed by atoms with Gasteiger partial charge in [0, 0.05) is 16.4 Å². The summed E-state index contributed by atoms with van der Waals surface area (Å²) in [5.74, 6) is -0.454. The maximum absolute atomic E-state index is 12.5. The third-order valence-electron chi connectivity index (χ3n) is 4.27. The first-order chi connectivity index (χ1) is 11.0. The molecule has 3 N–H and O–H groups in total. The lowest BCUT2D eigenvalue weighted by atomic mass is 9.85. The van der Waals surface area contributed by atoms with E-state index >= 15 is 0 Å². The molecule has 5 nitrogen and oxygen atoms in total. The fourth-order valence-electron chi connectivity index (χ4n) is 2.95. The first-order valence-corrected chi connectivity index (χ1v) is 8.67. The van der Waals surface area contributed by atoms with Crippen LogP contribution in [0.15, 0.2) is 28.7 Å². The molecule has 126 valence electrons. The molecule has 1 aliphatic rings. The third-order valence-corrected chi connectivity index (χ3v) is 4.80. The van der Waals surface area contributed by atoms with Crippen molar-refractivity contribution < 1.29 is 14.3 Å². The minimum atomic E-state index is -0.388. The molecule has 3 unspecified atom stereocenters. The molecule has 23 heavy (non-hydrogen) atoms. The summed E-state index contributed by atoms with van der Waals surface area (Å²) in [4.78, 5) is 24.2. The summed E-state index contributed by atoms with van der Waals surface area (Å²) in [5.41, 5.74) is 6.85. The van der Waals surface area contributed by atoms with E-state index in [4.69, 9.17) is 10.5 Å². The molecular weight excluding hydrogens is 360 g/mol. The lowest BCUT2D eigenvalue weighted by Gasteiger charge is -2.28. The number of esters is 1. The SMILES string of the molecule is COC(=O)CC(NC(=O)C1CCCC(N)C1)c1ccc(Br)cc1. The summed E-state index contributed by atoms with van der Waals surface area (Å²) in [7, 11) is 1.35. The number of carbonyl (C=O) groups is 2. The lowest BCUT2D eigenvalue weighted by Crippen LogP contribution is -2.39. The molecule has 0 saturated heterocycles. The van der Waals surface area contributed by atoms with Crippen molar-refractivity contribution >= 4 is 27.8 Å². The Hall–Kier alpha value is -1.40. The summed E-state index contributed by atoms with van der Waals surface area (Å²) in [6.07, 6.45) is 3.62. The second-order valence-electron chi connectivity index (χ2n) is 6.02. The van der Waals surface area contributed by atoms with Crippen LogP contribution in [0.5, 0.6) is 0 Å². The maximum Gasteiger partial charge on any atom is 0.307 e. The van der Waals surface area contributed by atoms with Crippen molar-refractivity contribution in [3.8, 4) is 0 Å². The largest absolute Gasteiger partial charge is 0.469 e. The predicted molar refractivity (Wildman–Crippen MR) is 91.6 cm³/mol. The normalized spacial score (nSPS) is 22.2. The Morgan fingerprint density at radius 3 is 2.65 bits per heavy atom. The van der Waals surface area contributed by atoms with Crippen LogP contribution in [-0.4, -0.2) is 25.0 Å². The Labute approximate surface area is 145 Å². The van der Waals surface area contributed by atoms with Crippen LogP contribution in [0, 0.1) is 5.92 Å². The first-order valence-electron chi connectivity index (χ1n) is 7.88. The standard InChI is InChI=1S/C17H23BrN2O3/c1-23-16(21)10-15(11-5-7-13(18)8-6-11)20-17(22)12-3-2-4-14(19)9-12/h5-8,12,14-15H,2-4,9-10,19H2,1H3,(H,20,22). The van der Waals surface area contributed by atoms with Gasteiger partial charge in [-0.3, -0.25) is 9.59 Å². The molecule has 1 amide bonds. The minimum Gasteiger partial charge on any atom is -0.469 e. The number of hydrogen-bond donors (Lipinski definition) is 2. The zero-order valence-corrected chi connectivity index (χ0v) is 14.8. The second kappa shape index (κ2) is 8.45. The number of amides is 1. The maximum atomic E-state index is 12.5. The van der Waals surface area contributed by atoms with Gasteiger partial charge in [-0.15, -0.1) is 0 Å². The molecule has 0 aliphatic heterocycles. The van der Waals surface area contributed by atoms with Gasteiger partial charge < -0.3 is 15.8 Å². The second-order valence-corrected chi connectivity index (χ2v) is 6.93. The third kappa shape index (κ3) is 5.32. The Bertz CT molecular complexity index is 547. The minimum absolute atomic E-state index is 0.0306. The number of hydrogen-bond acceptors (Lipinski definition) is 4. The number of nitrogens with one attached hydrogen (secondary N) is 1. The van der Waals surface area contributed by atoms with E-state index in [1.807, 2.05) is 24.3 Å². The van der Waals surface area contributed by atoms with Crippen LogP contribution in [0.1, 0.15) is 43.7 Å². The van der Waals surface area contributed by atoms with Crippen molar-refractivity contribution in [2.24, 2.45) is 11.7 Å². The molecule has 0 heterocycles. The highest BCUT2D eigenvalue weighted by Crippen LogP contribution is 2.26. The van der Waals surface area contributed by atoms with E-state index in [1.165, 1.54) is 7.11 Å². The Kier molecular flexibility index (Phi) is 6.59. The van der Waals surface area contributed by atoms with Crippen molar-refractivity contribution in [1.82, 2.24) is 5.32 Å². The summed E-state index contributed by atoms with van der Waals surface area (Å²) >= 11 is 3.39. The van der Waals surface area contributed by atoms with Gasteiger partial charge in [-0.1, -0.05) is 34.5 Å². The quantitative estimate of drug-likeness (QED) is 0.766. The van der Waals surface area contributed by atoms with Gasteiger partial charge in [0.05, 0.1) is 19.6 Å². The zero-order valence-electron chi connectivity index (χ0n) is 13.3. The molecule has 0 spiro atoms. The fraction of sp³-hybridized carbons (Fsp3) is 0.529. The van der Waals surface area contributed by atoms with E-state index in [-0.39, 0.29) is 36.3 Å². The number of nitrogens with two attached hydrogens (primary N) is 1. The summed E-state index contributed by atoms with van der Waals surface area (Å²) in [6.45, 7) is 0. The smallest absolute Gasteiger partial charge is 0.307 e. The van der Waals surface area contributed by atoms with Gasteiger partial charge in [-0.05, 0) is 37.0 Å². The monoisotopic (exact) mass is 382 g/mol. The predicted octanol–water partition coefficient (Wildman–Crippen LogP) is 2.69. The Balaban J connectivity index is 2.08. The summed E-state index contributed by atoms with van der Waals surface area (Å²) < 4.78 is 5.70. The highest BCUT2D eigenvalue weighted by Gasteiger charge is 2.28. The van der Waals surface area contributed by atoms with Crippen molar-refractivity contribution in [2.45, 2.75) is 44.2 Å². The van der Waals surface area contributed by atoms with Gasteiger partial charge in [-0.25, -0.2) is 0 Å². The summed E-state index contributed by atoms with van der Waals surface area (Å²) in [5, 5.41) is 3.00. The van der Waals surface area contributed by atoms with Crippen LogP contribution in [-0.2, 0) is 14.3 Å². The number of carbonyl (C=O) groups excluding carboxylic acids is 2. The highest BCUT2D eigenvalue weighted by molar-refractivity contribution is 9.10. The summed E-state index contributed by atoms with van der Waals surface area (Å²) in [6, 6.07) is 7.27. The molecule has 6 heteroatoms. The van der Waals surface area contributed by atoms with Crippen LogP contribution in [0.2, 0.25) is 0 Å². The molecule has 0 radical (unpaired) electrons. The molecule has 0 aromatic heterocycles. The van der Waals surface area contributed by atoms with Crippen LogP contribution < -0.4 is 11.1 Å². The number of benzene rings is 1. The molecule has 1 aromatic carbocycles. The van der Waals surface area contributed by atoms with E-state index in [1.54, 1.807) is 0 Å². The zero-order chi connectivity index (χ0) is 16.8. The van der Waals surface area contributed by atoms with Gasteiger partial charge in [0.1, 0.15) is 0 Å². The molecule has 1 saturated carbocycles. The van der Waals surface area contributed by atoms with Crippen LogP contribution in [0.3, 0.4) is 0 Å².